The molecule has 0 spiro atoms. The lowest BCUT2D eigenvalue weighted by Gasteiger charge is -2.27. The summed E-state index contributed by atoms with van der Waals surface area (Å²) in [6.07, 6.45) is 0.985. The average molecular weight is 262 g/mol. The summed E-state index contributed by atoms with van der Waals surface area (Å²) in [5.74, 6) is 0.136. The van der Waals surface area contributed by atoms with E-state index >= 15 is 0 Å². The van der Waals surface area contributed by atoms with Crippen molar-refractivity contribution in [2.75, 3.05) is 18.4 Å². The van der Waals surface area contributed by atoms with Gasteiger partial charge in [0.15, 0.2) is 0 Å². The Morgan fingerprint density at radius 2 is 2.00 bits per heavy atom. The van der Waals surface area contributed by atoms with Gasteiger partial charge in [-0.05, 0) is 57.9 Å². The van der Waals surface area contributed by atoms with Gasteiger partial charge in [-0.3, -0.25) is 4.79 Å². The molecule has 1 aromatic carbocycles. The van der Waals surface area contributed by atoms with E-state index in [-0.39, 0.29) is 11.9 Å². The maximum absolute atomic E-state index is 12.6. The van der Waals surface area contributed by atoms with Crippen LogP contribution in [-0.2, 0) is 0 Å². The van der Waals surface area contributed by atoms with E-state index in [1.165, 1.54) is 0 Å². The van der Waals surface area contributed by atoms with E-state index in [2.05, 4.69) is 33.0 Å². The Kier molecular flexibility index (Phi) is 5.87. The summed E-state index contributed by atoms with van der Waals surface area (Å²) < 4.78 is 0. The summed E-state index contributed by atoms with van der Waals surface area (Å²) in [6, 6.07) is 6.19. The van der Waals surface area contributed by atoms with Crippen LogP contribution < -0.4 is 5.32 Å². The Hall–Kier alpha value is -1.51. The molecule has 1 N–H and O–H groups in total. The van der Waals surface area contributed by atoms with Crippen LogP contribution in [0.15, 0.2) is 18.2 Å². The molecular weight excluding hydrogens is 236 g/mol. The van der Waals surface area contributed by atoms with Gasteiger partial charge in [-0.15, -0.1) is 0 Å². The summed E-state index contributed by atoms with van der Waals surface area (Å²) in [5, 5.41) is 3.27. The number of nitrogens with zero attached hydrogens (tertiary/aromatic N) is 1. The molecule has 1 amide bonds. The Bertz CT molecular complexity index is 427. The van der Waals surface area contributed by atoms with E-state index in [9.17, 15) is 4.79 Å². The number of hydrogen-bond donors (Lipinski definition) is 1. The minimum absolute atomic E-state index is 0.136. The highest BCUT2D eigenvalue weighted by atomic mass is 16.2. The predicted octanol–water partition coefficient (Wildman–Crippen LogP) is 3.69. The largest absolute Gasteiger partial charge is 0.385 e. The van der Waals surface area contributed by atoms with Crippen molar-refractivity contribution in [1.29, 1.82) is 0 Å². The molecule has 1 aromatic rings. The van der Waals surface area contributed by atoms with Crippen molar-refractivity contribution in [3.63, 3.8) is 0 Å². The van der Waals surface area contributed by atoms with Crippen LogP contribution in [0.3, 0.4) is 0 Å². The molecule has 0 aromatic heterocycles. The first kappa shape index (κ1) is 15.5. The molecule has 19 heavy (non-hydrogen) atoms. The molecule has 0 atom stereocenters. The zero-order valence-electron chi connectivity index (χ0n) is 12.8. The molecule has 0 aliphatic carbocycles. The van der Waals surface area contributed by atoms with Crippen LogP contribution in [0.25, 0.3) is 0 Å². The molecular formula is C16H26N2O. The van der Waals surface area contributed by atoms with E-state index in [1.807, 2.05) is 30.0 Å². The summed E-state index contributed by atoms with van der Waals surface area (Å²) in [5.41, 5.74) is 2.91. The van der Waals surface area contributed by atoms with Gasteiger partial charge in [0.2, 0.25) is 0 Å². The molecule has 1 rings (SSSR count). The Morgan fingerprint density at radius 3 is 2.47 bits per heavy atom. The number of hydrogen-bond acceptors (Lipinski definition) is 2. The number of amides is 1. The second-order valence-electron chi connectivity index (χ2n) is 5.15. The highest BCUT2D eigenvalue weighted by molar-refractivity contribution is 5.96. The lowest BCUT2D eigenvalue weighted by molar-refractivity contribution is 0.0705. The molecule has 3 heteroatoms. The van der Waals surface area contributed by atoms with E-state index in [1.54, 1.807) is 0 Å². The van der Waals surface area contributed by atoms with Gasteiger partial charge in [-0.25, -0.2) is 0 Å². The third kappa shape index (κ3) is 3.98. The quantitative estimate of drug-likeness (QED) is 0.848. The Balaban J connectivity index is 2.98. The maximum Gasteiger partial charge on any atom is 0.254 e. The van der Waals surface area contributed by atoms with Crippen molar-refractivity contribution in [2.45, 2.75) is 47.1 Å². The highest BCUT2D eigenvalue weighted by Crippen LogP contribution is 2.18. The number of carbonyl (C=O) groups is 1. The fourth-order valence-corrected chi connectivity index (χ4v) is 2.21. The van der Waals surface area contributed by atoms with Gasteiger partial charge in [-0.1, -0.05) is 6.92 Å². The molecule has 3 nitrogen and oxygen atoms in total. The first-order valence-electron chi connectivity index (χ1n) is 7.16. The second-order valence-corrected chi connectivity index (χ2v) is 5.15. The second kappa shape index (κ2) is 7.17. The van der Waals surface area contributed by atoms with Crippen LogP contribution >= 0.6 is 0 Å². The van der Waals surface area contributed by atoms with Crippen molar-refractivity contribution in [2.24, 2.45) is 0 Å². The number of nitrogens with one attached hydrogen (secondary N) is 1. The fraction of sp³-hybridized carbons (Fsp3) is 0.562. The standard InChI is InChI=1S/C16H26N2O/c1-6-10-18(12(3)4)16(19)15-9-8-14(17-7-2)11-13(15)5/h8-9,11-12,17H,6-7,10H2,1-5H3. The van der Waals surface area contributed by atoms with Crippen molar-refractivity contribution in [3.05, 3.63) is 29.3 Å². The third-order valence-electron chi connectivity index (χ3n) is 3.19. The van der Waals surface area contributed by atoms with Crippen molar-refractivity contribution >= 4 is 11.6 Å². The van der Waals surface area contributed by atoms with Crippen LogP contribution in [0.2, 0.25) is 0 Å². The number of carbonyl (C=O) groups excluding carboxylic acids is 1. The number of anilines is 1. The van der Waals surface area contributed by atoms with Gasteiger partial charge >= 0.3 is 0 Å². The minimum Gasteiger partial charge on any atom is -0.385 e. The fourth-order valence-electron chi connectivity index (χ4n) is 2.21. The molecule has 106 valence electrons. The number of benzene rings is 1. The van der Waals surface area contributed by atoms with Crippen LogP contribution in [0.5, 0.6) is 0 Å². The van der Waals surface area contributed by atoms with Crippen LogP contribution in [-0.4, -0.2) is 29.9 Å². The van der Waals surface area contributed by atoms with Crippen molar-refractivity contribution < 1.29 is 4.79 Å². The van der Waals surface area contributed by atoms with Crippen molar-refractivity contribution in [1.82, 2.24) is 4.90 Å². The Labute approximate surface area is 117 Å². The lowest BCUT2D eigenvalue weighted by atomic mass is 10.1. The van der Waals surface area contributed by atoms with Crippen LogP contribution in [0, 0.1) is 6.92 Å². The summed E-state index contributed by atoms with van der Waals surface area (Å²) >= 11 is 0. The van der Waals surface area contributed by atoms with Crippen LogP contribution in [0.1, 0.15) is 50.0 Å². The topological polar surface area (TPSA) is 32.3 Å². The van der Waals surface area contributed by atoms with Gasteiger partial charge < -0.3 is 10.2 Å². The molecule has 0 fully saturated rings. The van der Waals surface area contributed by atoms with Gasteiger partial charge in [-0.2, -0.15) is 0 Å². The normalized spacial score (nSPS) is 10.6. The zero-order valence-corrected chi connectivity index (χ0v) is 12.8. The molecule has 0 saturated heterocycles. The summed E-state index contributed by atoms with van der Waals surface area (Å²) in [7, 11) is 0. The average Bonchev–Trinajstić information content (AvgIpc) is 2.35. The first-order valence-corrected chi connectivity index (χ1v) is 7.16. The first-order chi connectivity index (χ1) is 9.01. The highest BCUT2D eigenvalue weighted by Gasteiger charge is 2.19. The zero-order chi connectivity index (χ0) is 14.4. The SMILES string of the molecule is CCCN(C(=O)c1ccc(NCC)cc1C)C(C)C. The lowest BCUT2D eigenvalue weighted by Crippen LogP contribution is -2.37. The molecule has 0 aliphatic heterocycles. The molecule has 0 radical (unpaired) electrons. The minimum atomic E-state index is 0.136. The monoisotopic (exact) mass is 262 g/mol. The van der Waals surface area contributed by atoms with E-state index in [0.29, 0.717) is 0 Å². The maximum atomic E-state index is 12.6. The molecule has 0 bridgehead atoms. The van der Waals surface area contributed by atoms with E-state index in [4.69, 9.17) is 0 Å². The molecule has 0 saturated carbocycles. The molecule has 0 heterocycles. The Morgan fingerprint density at radius 1 is 1.32 bits per heavy atom. The van der Waals surface area contributed by atoms with E-state index < -0.39 is 0 Å². The number of aryl methyl sites for hydroxylation is 1. The van der Waals surface area contributed by atoms with E-state index in [0.717, 1.165) is 36.3 Å². The summed E-state index contributed by atoms with van der Waals surface area (Å²) in [6.45, 7) is 12.0. The number of rotatable bonds is 6. The van der Waals surface area contributed by atoms with Gasteiger partial charge in [0.1, 0.15) is 0 Å². The summed E-state index contributed by atoms with van der Waals surface area (Å²) in [4.78, 5) is 14.5. The smallest absolute Gasteiger partial charge is 0.254 e. The molecule has 0 aliphatic rings. The van der Waals surface area contributed by atoms with Crippen LogP contribution in [0.4, 0.5) is 5.69 Å². The van der Waals surface area contributed by atoms with Gasteiger partial charge in [0.25, 0.3) is 5.91 Å². The van der Waals surface area contributed by atoms with Gasteiger partial charge in [0.05, 0.1) is 0 Å². The predicted molar refractivity (Wildman–Crippen MR) is 81.8 cm³/mol. The van der Waals surface area contributed by atoms with Gasteiger partial charge in [0, 0.05) is 30.4 Å². The van der Waals surface area contributed by atoms with Crippen molar-refractivity contribution in [3.8, 4) is 0 Å². The molecule has 0 unspecified atom stereocenters. The third-order valence-corrected chi connectivity index (χ3v) is 3.19.